The second-order valence-corrected chi connectivity index (χ2v) is 7.31. The standard InChI is InChI=1S/C23H28N2O/c1-5-16-13-17(26-6-2)7-8-18(16)22-23-19(9-10-24-22)20-12-14(3)11-15(4)21(20)25-23/h7-8,11-13,22,24-25H,5-6,9-10H2,1-4H3. The molecule has 1 aromatic heterocycles. The first-order valence-electron chi connectivity index (χ1n) is 9.73. The van der Waals surface area contributed by atoms with E-state index >= 15 is 0 Å². The van der Waals surface area contributed by atoms with Gasteiger partial charge in [-0.05, 0) is 74.1 Å². The number of benzene rings is 2. The summed E-state index contributed by atoms with van der Waals surface area (Å²) in [4.78, 5) is 3.76. The van der Waals surface area contributed by atoms with E-state index < -0.39 is 0 Å². The van der Waals surface area contributed by atoms with Crippen LogP contribution < -0.4 is 10.1 Å². The smallest absolute Gasteiger partial charge is 0.119 e. The number of hydrogen-bond donors (Lipinski definition) is 2. The quantitative estimate of drug-likeness (QED) is 0.697. The number of aromatic nitrogens is 1. The Kier molecular flexibility index (Phi) is 4.49. The third-order valence-electron chi connectivity index (χ3n) is 5.52. The molecule has 0 amide bonds. The fourth-order valence-electron chi connectivity index (χ4n) is 4.38. The summed E-state index contributed by atoms with van der Waals surface area (Å²) in [5.41, 5.74) is 9.48. The van der Waals surface area contributed by atoms with Crippen LogP contribution in [0.1, 0.15) is 53.4 Å². The van der Waals surface area contributed by atoms with Gasteiger partial charge < -0.3 is 15.0 Å². The third-order valence-corrected chi connectivity index (χ3v) is 5.52. The second kappa shape index (κ2) is 6.81. The zero-order chi connectivity index (χ0) is 18.3. The highest BCUT2D eigenvalue weighted by Gasteiger charge is 2.27. The molecule has 2 aromatic carbocycles. The van der Waals surface area contributed by atoms with E-state index in [1.165, 1.54) is 44.4 Å². The average Bonchev–Trinajstić information content (AvgIpc) is 3.01. The molecule has 1 aliphatic rings. The molecule has 3 nitrogen and oxygen atoms in total. The van der Waals surface area contributed by atoms with E-state index in [0.29, 0.717) is 6.61 Å². The van der Waals surface area contributed by atoms with Gasteiger partial charge in [0.05, 0.1) is 12.6 Å². The Bertz CT molecular complexity index is 954. The maximum Gasteiger partial charge on any atom is 0.119 e. The minimum absolute atomic E-state index is 0.219. The lowest BCUT2D eigenvalue weighted by Gasteiger charge is -2.27. The van der Waals surface area contributed by atoms with Crippen molar-refractivity contribution in [2.75, 3.05) is 13.2 Å². The van der Waals surface area contributed by atoms with Crippen molar-refractivity contribution in [3.8, 4) is 5.75 Å². The fourth-order valence-corrected chi connectivity index (χ4v) is 4.38. The van der Waals surface area contributed by atoms with E-state index in [1.54, 1.807) is 0 Å². The molecule has 3 aromatic rings. The first-order valence-corrected chi connectivity index (χ1v) is 9.73. The predicted molar refractivity (Wildman–Crippen MR) is 108 cm³/mol. The van der Waals surface area contributed by atoms with E-state index in [-0.39, 0.29) is 6.04 Å². The second-order valence-electron chi connectivity index (χ2n) is 7.31. The lowest BCUT2D eigenvalue weighted by atomic mass is 9.90. The Hall–Kier alpha value is -2.26. The van der Waals surface area contributed by atoms with Crippen LogP contribution >= 0.6 is 0 Å². The molecule has 0 fully saturated rings. The van der Waals surface area contributed by atoms with Gasteiger partial charge >= 0.3 is 0 Å². The van der Waals surface area contributed by atoms with Crippen LogP contribution in [-0.2, 0) is 12.8 Å². The molecule has 0 spiro atoms. The maximum atomic E-state index is 5.71. The van der Waals surface area contributed by atoms with Crippen molar-refractivity contribution in [2.24, 2.45) is 0 Å². The zero-order valence-corrected chi connectivity index (χ0v) is 16.2. The minimum atomic E-state index is 0.219. The number of ether oxygens (including phenoxy) is 1. The van der Waals surface area contributed by atoms with Crippen molar-refractivity contribution in [1.29, 1.82) is 0 Å². The van der Waals surface area contributed by atoms with Gasteiger partial charge in [0.25, 0.3) is 0 Å². The van der Waals surface area contributed by atoms with E-state index in [1.807, 2.05) is 6.92 Å². The molecular weight excluding hydrogens is 320 g/mol. The van der Waals surface area contributed by atoms with Gasteiger partial charge in [-0.3, -0.25) is 0 Å². The SMILES string of the molecule is CCOc1ccc(C2NCCc3c2[nH]c2c(C)cc(C)cc32)c(CC)c1. The summed E-state index contributed by atoms with van der Waals surface area (Å²) in [7, 11) is 0. The van der Waals surface area contributed by atoms with Gasteiger partial charge in [0, 0.05) is 23.1 Å². The van der Waals surface area contributed by atoms with Crippen LogP contribution in [0.15, 0.2) is 30.3 Å². The van der Waals surface area contributed by atoms with Crippen LogP contribution in [0.4, 0.5) is 0 Å². The largest absolute Gasteiger partial charge is 0.494 e. The summed E-state index contributed by atoms with van der Waals surface area (Å²) in [6, 6.07) is 11.4. The van der Waals surface area contributed by atoms with Crippen molar-refractivity contribution in [3.63, 3.8) is 0 Å². The lowest BCUT2D eigenvalue weighted by molar-refractivity contribution is 0.339. The minimum Gasteiger partial charge on any atom is -0.494 e. The maximum absolute atomic E-state index is 5.71. The van der Waals surface area contributed by atoms with Gasteiger partial charge in [0.1, 0.15) is 5.75 Å². The molecule has 4 rings (SSSR count). The Morgan fingerprint density at radius 3 is 2.73 bits per heavy atom. The highest BCUT2D eigenvalue weighted by Crippen LogP contribution is 2.37. The molecule has 2 N–H and O–H groups in total. The Morgan fingerprint density at radius 1 is 1.12 bits per heavy atom. The topological polar surface area (TPSA) is 37.0 Å². The van der Waals surface area contributed by atoms with Crippen LogP contribution in [0, 0.1) is 13.8 Å². The normalized spacial score (nSPS) is 16.7. The van der Waals surface area contributed by atoms with Crippen molar-refractivity contribution in [1.82, 2.24) is 10.3 Å². The summed E-state index contributed by atoms with van der Waals surface area (Å²) in [5.74, 6) is 0.965. The average molecular weight is 348 g/mol. The van der Waals surface area contributed by atoms with Crippen molar-refractivity contribution < 1.29 is 4.74 Å². The summed E-state index contributed by atoms with van der Waals surface area (Å²) in [6.07, 6.45) is 2.08. The van der Waals surface area contributed by atoms with Crippen molar-refractivity contribution in [3.05, 3.63) is 63.8 Å². The van der Waals surface area contributed by atoms with Gasteiger partial charge in [-0.1, -0.05) is 24.6 Å². The number of nitrogens with one attached hydrogen (secondary N) is 2. The van der Waals surface area contributed by atoms with Gasteiger partial charge in [0.2, 0.25) is 0 Å². The van der Waals surface area contributed by atoms with Crippen LogP contribution in [0.2, 0.25) is 0 Å². The predicted octanol–water partition coefficient (Wildman–Crippen LogP) is 4.98. The van der Waals surface area contributed by atoms with Crippen LogP contribution in [0.3, 0.4) is 0 Å². The van der Waals surface area contributed by atoms with E-state index in [9.17, 15) is 0 Å². The molecule has 0 radical (unpaired) electrons. The molecule has 0 saturated carbocycles. The molecule has 2 heterocycles. The van der Waals surface area contributed by atoms with Gasteiger partial charge in [-0.25, -0.2) is 0 Å². The number of fused-ring (bicyclic) bond motifs is 3. The summed E-state index contributed by atoms with van der Waals surface area (Å²) in [5, 5.41) is 5.14. The highest BCUT2D eigenvalue weighted by molar-refractivity contribution is 5.88. The summed E-state index contributed by atoms with van der Waals surface area (Å²) < 4.78 is 5.71. The number of H-pyrrole nitrogens is 1. The van der Waals surface area contributed by atoms with Gasteiger partial charge in [-0.2, -0.15) is 0 Å². The first kappa shape index (κ1) is 17.2. The molecule has 136 valence electrons. The van der Waals surface area contributed by atoms with E-state index in [2.05, 4.69) is 61.4 Å². The molecule has 0 aliphatic carbocycles. The molecule has 3 heteroatoms. The summed E-state index contributed by atoms with van der Waals surface area (Å²) in [6.45, 7) is 10.4. The number of rotatable bonds is 4. The third kappa shape index (κ3) is 2.80. The molecule has 1 aliphatic heterocycles. The van der Waals surface area contributed by atoms with Gasteiger partial charge in [-0.15, -0.1) is 0 Å². The Labute approximate surface area is 155 Å². The molecule has 26 heavy (non-hydrogen) atoms. The number of aromatic amines is 1. The zero-order valence-electron chi connectivity index (χ0n) is 16.2. The Balaban J connectivity index is 1.85. The van der Waals surface area contributed by atoms with Crippen LogP contribution in [0.25, 0.3) is 10.9 Å². The monoisotopic (exact) mass is 348 g/mol. The molecular formula is C23H28N2O. The number of hydrogen-bond acceptors (Lipinski definition) is 2. The molecule has 0 saturated heterocycles. The van der Waals surface area contributed by atoms with Crippen molar-refractivity contribution >= 4 is 10.9 Å². The lowest BCUT2D eigenvalue weighted by Crippen LogP contribution is -2.31. The first-order chi connectivity index (χ1) is 12.6. The molecule has 0 bridgehead atoms. The van der Waals surface area contributed by atoms with E-state index in [4.69, 9.17) is 4.74 Å². The molecule has 1 atom stereocenters. The van der Waals surface area contributed by atoms with Crippen LogP contribution in [-0.4, -0.2) is 18.1 Å². The van der Waals surface area contributed by atoms with Crippen molar-refractivity contribution in [2.45, 2.75) is 46.6 Å². The summed E-state index contributed by atoms with van der Waals surface area (Å²) >= 11 is 0. The van der Waals surface area contributed by atoms with Gasteiger partial charge in [0.15, 0.2) is 0 Å². The Morgan fingerprint density at radius 2 is 1.96 bits per heavy atom. The highest BCUT2D eigenvalue weighted by atomic mass is 16.5. The van der Waals surface area contributed by atoms with Crippen LogP contribution in [0.5, 0.6) is 5.75 Å². The fraction of sp³-hybridized carbons (Fsp3) is 0.391. The van der Waals surface area contributed by atoms with E-state index in [0.717, 1.165) is 25.1 Å². The molecule has 1 unspecified atom stereocenters. The number of aryl methyl sites for hydroxylation is 3.